The summed E-state index contributed by atoms with van der Waals surface area (Å²) in [4.78, 5) is 13.3. The van der Waals surface area contributed by atoms with E-state index in [0.717, 1.165) is 34.8 Å². The third kappa shape index (κ3) is 12.3. The van der Waals surface area contributed by atoms with Crippen LogP contribution in [0, 0.1) is 11.8 Å². The molecule has 230 valence electrons. The van der Waals surface area contributed by atoms with E-state index >= 15 is 0 Å². The van der Waals surface area contributed by atoms with E-state index in [1.807, 2.05) is 50.2 Å². The molecule has 9 heteroatoms. The van der Waals surface area contributed by atoms with Crippen LogP contribution in [0.25, 0.3) is 11.1 Å². The van der Waals surface area contributed by atoms with Gasteiger partial charge < -0.3 is 22.8 Å². The van der Waals surface area contributed by atoms with Crippen molar-refractivity contribution < 1.29 is 32.2 Å². The molecule has 0 spiro atoms. The van der Waals surface area contributed by atoms with Crippen LogP contribution in [0.15, 0.2) is 42.5 Å². The summed E-state index contributed by atoms with van der Waals surface area (Å²) in [6.45, 7) is 16.1. The Kier molecular flexibility index (Phi) is 16.4. The van der Waals surface area contributed by atoms with E-state index in [1.165, 1.54) is 19.3 Å². The highest BCUT2D eigenvalue weighted by Gasteiger charge is 2.28. The number of rotatable bonds is 21. The van der Waals surface area contributed by atoms with Crippen molar-refractivity contribution in [3.05, 3.63) is 53.6 Å². The molecule has 0 saturated carbocycles. The van der Waals surface area contributed by atoms with Crippen LogP contribution < -0.4 is 4.74 Å². The first kappa shape index (κ1) is 35.6. The second-order valence-electron chi connectivity index (χ2n) is 10.5. The lowest BCUT2D eigenvalue weighted by atomic mass is 9.97. The van der Waals surface area contributed by atoms with Gasteiger partial charge in [0.25, 0.3) is 0 Å². The van der Waals surface area contributed by atoms with E-state index in [-0.39, 0.29) is 24.9 Å². The fraction of sp³-hybridized carbons (Fsp3) is 0.594. The molecular weight excluding hydrogens is 558 g/mol. The number of hydrogen-bond donors (Lipinski definition) is 0. The molecule has 7 nitrogen and oxygen atoms in total. The first-order valence-corrected chi connectivity index (χ1v) is 17.9. The minimum Gasteiger partial charge on any atom is -0.494 e. The Morgan fingerprint density at radius 3 is 2.02 bits per heavy atom. The Hall–Kier alpha value is -1.59. The normalized spacial score (nSPS) is 12.7. The third-order valence-corrected chi connectivity index (χ3v) is 10.2. The van der Waals surface area contributed by atoms with Gasteiger partial charge in [-0.2, -0.15) is 0 Å². The number of ether oxygens (including phenoxy) is 1. The smallest absolute Gasteiger partial charge is 0.335 e. The molecule has 1 atom stereocenters. The Labute approximate surface area is 249 Å². The predicted octanol–water partition coefficient (Wildman–Crippen LogP) is 9.88. The zero-order chi connectivity index (χ0) is 30.3. The van der Waals surface area contributed by atoms with E-state index in [4.69, 9.17) is 22.8 Å². The molecule has 0 aliphatic heterocycles. The van der Waals surface area contributed by atoms with Crippen LogP contribution in [0.2, 0.25) is 0 Å². The minimum absolute atomic E-state index is 0.0944. The molecule has 41 heavy (non-hydrogen) atoms. The van der Waals surface area contributed by atoms with Gasteiger partial charge in [0.05, 0.1) is 39.2 Å². The van der Waals surface area contributed by atoms with Crippen molar-refractivity contribution in [3.63, 3.8) is 0 Å². The fourth-order valence-electron chi connectivity index (χ4n) is 4.47. The maximum atomic E-state index is 13.4. The molecule has 0 radical (unpaired) electrons. The highest BCUT2D eigenvalue weighted by Crippen LogP contribution is 2.53. The molecule has 0 aliphatic rings. The van der Waals surface area contributed by atoms with Gasteiger partial charge in [-0.15, -0.1) is 0 Å². The van der Waals surface area contributed by atoms with Gasteiger partial charge in [0.15, 0.2) is 0 Å². The highest BCUT2D eigenvalue weighted by atomic mass is 31.2. The van der Waals surface area contributed by atoms with Crippen LogP contribution in [-0.2, 0) is 28.8 Å². The van der Waals surface area contributed by atoms with Gasteiger partial charge in [-0.1, -0.05) is 64.3 Å². The van der Waals surface area contributed by atoms with Crippen LogP contribution in [-0.4, -0.2) is 38.6 Å². The highest BCUT2D eigenvalue weighted by molar-refractivity contribution is 7.66. The Morgan fingerprint density at radius 1 is 0.829 bits per heavy atom. The lowest BCUT2D eigenvalue weighted by Crippen LogP contribution is -2.06. The summed E-state index contributed by atoms with van der Waals surface area (Å²) < 4.78 is 41.8. The Balaban J connectivity index is 2.29. The third-order valence-electron chi connectivity index (χ3n) is 6.55. The van der Waals surface area contributed by atoms with Gasteiger partial charge in [0.1, 0.15) is 5.75 Å². The van der Waals surface area contributed by atoms with Crippen LogP contribution >= 0.6 is 16.0 Å². The summed E-state index contributed by atoms with van der Waals surface area (Å²) in [6.07, 6.45) is 4.86. The molecule has 0 aliphatic carbocycles. The summed E-state index contributed by atoms with van der Waals surface area (Å²) in [5.41, 5.74) is 2.71. The predicted molar refractivity (Wildman–Crippen MR) is 169 cm³/mol. The zero-order valence-electron chi connectivity index (χ0n) is 26.0. The van der Waals surface area contributed by atoms with Crippen molar-refractivity contribution >= 4 is 21.5 Å². The lowest BCUT2D eigenvalue weighted by Gasteiger charge is -2.20. The molecule has 2 aromatic carbocycles. The van der Waals surface area contributed by atoms with Crippen LogP contribution in [0.1, 0.15) is 90.1 Å². The molecule has 2 aromatic rings. The van der Waals surface area contributed by atoms with Crippen LogP contribution in [0.5, 0.6) is 5.75 Å². The summed E-state index contributed by atoms with van der Waals surface area (Å²) in [5, 5.41) is 0. The van der Waals surface area contributed by atoms with Gasteiger partial charge in [-0.25, -0.2) is 0 Å². The Morgan fingerprint density at radius 2 is 1.46 bits per heavy atom. The molecular formula is C32H50O7P2. The van der Waals surface area contributed by atoms with E-state index in [0.29, 0.717) is 31.3 Å². The number of carbonyl (C=O) groups excluding carboxylic acids is 1. The summed E-state index contributed by atoms with van der Waals surface area (Å²) in [7, 11) is -5.09. The van der Waals surface area contributed by atoms with Crippen molar-refractivity contribution in [1.29, 1.82) is 0 Å². The molecule has 0 heterocycles. The standard InChI is InChI=1S/C32H50O7P2/c1-8-36-40(37-9-2)32(33)28-15-16-29(24-41(34,38-10-3)39-11-4)31(23-28)27-17-19-30(20-18-27)35-22-21-26(7)14-12-13-25(5)6/h15-20,23,25-26H,8-14,21-22,24H2,1-7H3. The van der Waals surface area contributed by atoms with E-state index in [1.54, 1.807) is 19.9 Å². The maximum Gasteiger partial charge on any atom is 0.335 e. The van der Waals surface area contributed by atoms with Gasteiger partial charge >= 0.3 is 7.60 Å². The van der Waals surface area contributed by atoms with E-state index in [2.05, 4.69) is 20.8 Å². The van der Waals surface area contributed by atoms with Gasteiger partial charge in [-0.3, -0.25) is 9.36 Å². The number of hydrogen-bond acceptors (Lipinski definition) is 7. The summed E-state index contributed by atoms with van der Waals surface area (Å²) in [6, 6.07) is 13.2. The minimum atomic E-state index is -3.37. The summed E-state index contributed by atoms with van der Waals surface area (Å²) in [5.74, 6) is 2.17. The van der Waals surface area contributed by atoms with Crippen molar-refractivity contribution in [3.8, 4) is 16.9 Å². The molecule has 0 bridgehead atoms. The first-order chi connectivity index (χ1) is 19.7. The first-order valence-electron chi connectivity index (χ1n) is 15.0. The van der Waals surface area contributed by atoms with E-state index in [9.17, 15) is 9.36 Å². The lowest BCUT2D eigenvalue weighted by molar-refractivity contribution is 0.104. The second kappa shape index (κ2) is 18.8. The van der Waals surface area contributed by atoms with Gasteiger partial charge in [-0.05, 0) is 80.8 Å². The SMILES string of the molecule is CCOP(OCC)C(=O)c1ccc(CP(=O)(OCC)OCC)c(-c2ccc(OCCC(C)CCCC(C)C)cc2)c1. The van der Waals surface area contributed by atoms with Crippen molar-refractivity contribution in [1.82, 2.24) is 0 Å². The molecule has 0 saturated heterocycles. The molecule has 0 N–H and O–H groups in total. The molecule has 0 aromatic heterocycles. The quantitative estimate of drug-likeness (QED) is 0.131. The number of benzene rings is 2. The molecule has 0 amide bonds. The largest absolute Gasteiger partial charge is 0.494 e. The topological polar surface area (TPSA) is 80.3 Å². The monoisotopic (exact) mass is 608 g/mol. The van der Waals surface area contributed by atoms with Gasteiger partial charge in [0, 0.05) is 5.56 Å². The second-order valence-corrected chi connectivity index (χ2v) is 14.0. The van der Waals surface area contributed by atoms with Crippen molar-refractivity contribution in [2.24, 2.45) is 11.8 Å². The summed E-state index contributed by atoms with van der Waals surface area (Å²) >= 11 is 0. The number of carbonyl (C=O) groups is 1. The average molecular weight is 609 g/mol. The fourth-order valence-corrected chi connectivity index (χ4v) is 7.33. The van der Waals surface area contributed by atoms with Crippen molar-refractivity contribution in [2.45, 2.75) is 80.3 Å². The van der Waals surface area contributed by atoms with Crippen LogP contribution in [0.4, 0.5) is 0 Å². The zero-order valence-corrected chi connectivity index (χ0v) is 27.8. The average Bonchev–Trinajstić information content (AvgIpc) is 2.93. The van der Waals surface area contributed by atoms with Gasteiger partial charge in [0.2, 0.25) is 13.9 Å². The Bertz CT molecular complexity index is 1070. The maximum absolute atomic E-state index is 13.4. The van der Waals surface area contributed by atoms with Crippen LogP contribution in [0.3, 0.4) is 0 Å². The molecule has 0 fully saturated rings. The van der Waals surface area contributed by atoms with Crippen molar-refractivity contribution in [2.75, 3.05) is 33.0 Å². The molecule has 1 unspecified atom stereocenters. The van der Waals surface area contributed by atoms with E-state index < -0.39 is 16.0 Å². The molecule has 2 rings (SSSR count).